The first-order valence-electron chi connectivity index (χ1n) is 6.39. The van der Waals surface area contributed by atoms with Crippen LogP contribution in [0.3, 0.4) is 0 Å². The summed E-state index contributed by atoms with van der Waals surface area (Å²) in [4.78, 5) is 8.78. The van der Waals surface area contributed by atoms with Crippen molar-refractivity contribution in [1.82, 2.24) is 9.97 Å². The van der Waals surface area contributed by atoms with Crippen LogP contribution in [-0.2, 0) is 5.41 Å². The summed E-state index contributed by atoms with van der Waals surface area (Å²) in [7, 11) is 0. The molecule has 0 unspecified atom stereocenters. The first-order valence-corrected chi connectivity index (χ1v) is 6.39. The monoisotopic (exact) mass is 250 g/mol. The summed E-state index contributed by atoms with van der Waals surface area (Å²) >= 11 is 0. The molecule has 5 nitrogen and oxygen atoms in total. The van der Waals surface area contributed by atoms with Gasteiger partial charge in [0, 0.05) is 11.5 Å². The summed E-state index contributed by atoms with van der Waals surface area (Å²) in [5, 5.41) is 12.8. The lowest BCUT2D eigenvalue weighted by Gasteiger charge is -2.41. The number of nitrogens with two attached hydrogens (primary N) is 1. The number of aliphatic hydroxyl groups is 1. The standard InChI is InChI=1S/C13H22N4O/c1-12(2,3)11-15-9(14)7-10(16-11)17-13(8-18)5-4-6-13/h7,18H,4-6,8H2,1-3H3,(H3,14,15,16,17). The Morgan fingerprint density at radius 3 is 2.50 bits per heavy atom. The minimum atomic E-state index is -0.212. The van der Waals surface area contributed by atoms with Gasteiger partial charge in [0.15, 0.2) is 0 Å². The summed E-state index contributed by atoms with van der Waals surface area (Å²) in [6, 6.07) is 1.73. The van der Waals surface area contributed by atoms with Crippen LogP contribution in [0.5, 0.6) is 0 Å². The molecule has 100 valence electrons. The van der Waals surface area contributed by atoms with Crippen molar-refractivity contribution in [1.29, 1.82) is 0 Å². The zero-order valence-electron chi connectivity index (χ0n) is 11.3. The lowest BCUT2D eigenvalue weighted by atomic mass is 9.77. The van der Waals surface area contributed by atoms with E-state index in [1.54, 1.807) is 6.07 Å². The number of aromatic nitrogens is 2. The van der Waals surface area contributed by atoms with E-state index in [-0.39, 0.29) is 17.6 Å². The molecular formula is C13H22N4O. The van der Waals surface area contributed by atoms with Crippen LogP contribution in [0.1, 0.15) is 45.9 Å². The molecule has 1 fully saturated rings. The van der Waals surface area contributed by atoms with Crippen LogP contribution in [0.25, 0.3) is 0 Å². The second-order valence-electron chi connectivity index (χ2n) is 6.17. The molecule has 0 amide bonds. The first-order chi connectivity index (χ1) is 8.35. The molecule has 4 N–H and O–H groups in total. The molecule has 1 aromatic rings. The maximum absolute atomic E-state index is 9.46. The molecular weight excluding hydrogens is 228 g/mol. The van der Waals surface area contributed by atoms with Gasteiger partial charge in [-0.1, -0.05) is 20.8 Å². The molecule has 1 saturated carbocycles. The highest BCUT2D eigenvalue weighted by Crippen LogP contribution is 2.35. The molecule has 2 rings (SSSR count). The maximum atomic E-state index is 9.46. The second-order valence-corrected chi connectivity index (χ2v) is 6.17. The van der Waals surface area contributed by atoms with E-state index in [1.807, 2.05) is 0 Å². The lowest BCUT2D eigenvalue weighted by molar-refractivity contribution is 0.143. The number of rotatable bonds is 3. The minimum Gasteiger partial charge on any atom is -0.394 e. The van der Waals surface area contributed by atoms with E-state index >= 15 is 0 Å². The van der Waals surface area contributed by atoms with Gasteiger partial charge < -0.3 is 16.2 Å². The predicted molar refractivity (Wildman–Crippen MR) is 72.4 cm³/mol. The van der Waals surface area contributed by atoms with Crippen LogP contribution in [0, 0.1) is 0 Å². The predicted octanol–water partition coefficient (Wildman–Crippen LogP) is 1.68. The fourth-order valence-electron chi connectivity index (χ4n) is 2.06. The normalized spacial score (nSPS) is 18.2. The van der Waals surface area contributed by atoms with Gasteiger partial charge in [-0.15, -0.1) is 0 Å². The number of aliphatic hydroxyl groups excluding tert-OH is 1. The smallest absolute Gasteiger partial charge is 0.138 e. The topological polar surface area (TPSA) is 84.1 Å². The fraction of sp³-hybridized carbons (Fsp3) is 0.692. The van der Waals surface area contributed by atoms with Crippen LogP contribution in [-0.4, -0.2) is 27.2 Å². The summed E-state index contributed by atoms with van der Waals surface area (Å²) in [5.74, 6) is 1.89. The van der Waals surface area contributed by atoms with E-state index in [4.69, 9.17) is 5.73 Å². The van der Waals surface area contributed by atoms with E-state index in [2.05, 4.69) is 36.1 Å². The van der Waals surface area contributed by atoms with Gasteiger partial charge in [0.25, 0.3) is 0 Å². The number of nitrogens with zero attached hydrogens (tertiary/aromatic N) is 2. The van der Waals surface area contributed by atoms with Crippen molar-refractivity contribution in [3.05, 3.63) is 11.9 Å². The maximum Gasteiger partial charge on any atom is 0.138 e. The van der Waals surface area contributed by atoms with Gasteiger partial charge in [0.2, 0.25) is 0 Å². The van der Waals surface area contributed by atoms with Crippen molar-refractivity contribution in [3.63, 3.8) is 0 Å². The highest BCUT2D eigenvalue weighted by Gasteiger charge is 2.36. The molecule has 0 radical (unpaired) electrons. The van der Waals surface area contributed by atoms with Crippen molar-refractivity contribution in [2.24, 2.45) is 0 Å². The lowest BCUT2D eigenvalue weighted by Crippen LogP contribution is -2.48. The number of nitrogens with one attached hydrogen (secondary N) is 1. The third kappa shape index (κ3) is 2.56. The van der Waals surface area contributed by atoms with E-state index in [0.717, 1.165) is 25.1 Å². The van der Waals surface area contributed by atoms with Gasteiger partial charge in [-0.3, -0.25) is 0 Å². The molecule has 0 aromatic carbocycles. The average molecular weight is 250 g/mol. The highest BCUT2D eigenvalue weighted by atomic mass is 16.3. The van der Waals surface area contributed by atoms with Gasteiger partial charge in [0.05, 0.1) is 12.1 Å². The van der Waals surface area contributed by atoms with Crippen molar-refractivity contribution in [2.75, 3.05) is 17.7 Å². The molecule has 18 heavy (non-hydrogen) atoms. The molecule has 0 saturated heterocycles. The second kappa shape index (κ2) is 4.39. The van der Waals surface area contributed by atoms with Gasteiger partial charge in [-0.2, -0.15) is 0 Å². The Bertz CT molecular complexity index is 430. The van der Waals surface area contributed by atoms with Crippen LogP contribution in [0.2, 0.25) is 0 Å². The molecule has 0 aliphatic heterocycles. The molecule has 0 atom stereocenters. The molecule has 5 heteroatoms. The molecule has 0 spiro atoms. The Labute approximate surface area is 108 Å². The molecule has 1 aromatic heterocycles. The first kappa shape index (κ1) is 13.1. The highest BCUT2D eigenvalue weighted by molar-refractivity contribution is 5.47. The van der Waals surface area contributed by atoms with Crippen LogP contribution < -0.4 is 11.1 Å². The van der Waals surface area contributed by atoms with E-state index < -0.39 is 0 Å². The molecule has 1 aliphatic carbocycles. The van der Waals surface area contributed by atoms with Crippen molar-refractivity contribution in [3.8, 4) is 0 Å². The zero-order chi connectivity index (χ0) is 13.4. The average Bonchev–Trinajstić information content (AvgIpc) is 2.21. The molecule has 1 aliphatic rings. The Morgan fingerprint density at radius 2 is 2.06 bits per heavy atom. The van der Waals surface area contributed by atoms with Crippen molar-refractivity contribution >= 4 is 11.6 Å². The quantitative estimate of drug-likeness (QED) is 0.760. The summed E-state index contributed by atoms with van der Waals surface area (Å²) in [5.41, 5.74) is 5.47. The summed E-state index contributed by atoms with van der Waals surface area (Å²) in [6.07, 6.45) is 3.08. The van der Waals surface area contributed by atoms with E-state index in [1.165, 1.54) is 0 Å². The number of nitrogen functional groups attached to an aromatic ring is 1. The van der Waals surface area contributed by atoms with Gasteiger partial charge in [-0.05, 0) is 19.3 Å². The summed E-state index contributed by atoms with van der Waals surface area (Å²) < 4.78 is 0. The van der Waals surface area contributed by atoms with Crippen LogP contribution in [0.4, 0.5) is 11.6 Å². The molecule has 1 heterocycles. The summed E-state index contributed by atoms with van der Waals surface area (Å²) in [6.45, 7) is 6.28. The number of hydrogen-bond donors (Lipinski definition) is 3. The number of hydrogen-bond acceptors (Lipinski definition) is 5. The van der Waals surface area contributed by atoms with Crippen molar-refractivity contribution in [2.45, 2.75) is 51.0 Å². The fourth-order valence-corrected chi connectivity index (χ4v) is 2.06. The number of anilines is 2. The van der Waals surface area contributed by atoms with Crippen LogP contribution in [0.15, 0.2) is 6.07 Å². The Hall–Kier alpha value is -1.36. The van der Waals surface area contributed by atoms with Gasteiger partial charge >= 0.3 is 0 Å². The van der Waals surface area contributed by atoms with Crippen LogP contribution >= 0.6 is 0 Å². The van der Waals surface area contributed by atoms with Gasteiger partial charge in [0.1, 0.15) is 17.5 Å². The largest absolute Gasteiger partial charge is 0.394 e. The van der Waals surface area contributed by atoms with E-state index in [9.17, 15) is 5.11 Å². The van der Waals surface area contributed by atoms with E-state index in [0.29, 0.717) is 11.6 Å². The SMILES string of the molecule is CC(C)(C)c1nc(N)cc(NC2(CO)CCC2)n1. The third-order valence-electron chi connectivity index (χ3n) is 3.42. The zero-order valence-corrected chi connectivity index (χ0v) is 11.3. The van der Waals surface area contributed by atoms with Crippen molar-refractivity contribution < 1.29 is 5.11 Å². The Kier molecular flexibility index (Phi) is 3.19. The minimum absolute atomic E-state index is 0.127. The Morgan fingerprint density at radius 1 is 1.39 bits per heavy atom. The van der Waals surface area contributed by atoms with Gasteiger partial charge in [-0.25, -0.2) is 9.97 Å². The Balaban J connectivity index is 2.26. The third-order valence-corrected chi connectivity index (χ3v) is 3.42. The molecule has 0 bridgehead atoms.